The molecule has 0 saturated heterocycles. The molecular formula is C12H21N3O2S. The van der Waals surface area contributed by atoms with E-state index in [0.717, 1.165) is 12.1 Å². The van der Waals surface area contributed by atoms with Gasteiger partial charge in [-0.05, 0) is 19.8 Å². The van der Waals surface area contributed by atoms with Crippen molar-refractivity contribution >= 4 is 22.5 Å². The van der Waals surface area contributed by atoms with Gasteiger partial charge >= 0.3 is 6.03 Å². The molecule has 2 unspecified atom stereocenters. The Kier molecular flexibility index (Phi) is 5.10. The molecule has 1 aromatic rings. The topological polar surface area (TPSA) is 74.2 Å². The van der Waals surface area contributed by atoms with E-state index in [9.17, 15) is 9.90 Å². The van der Waals surface area contributed by atoms with Crippen LogP contribution in [0.3, 0.4) is 0 Å². The zero-order chi connectivity index (χ0) is 13.8. The maximum absolute atomic E-state index is 11.6. The fourth-order valence-electron chi connectivity index (χ4n) is 1.43. The molecule has 0 aromatic carbocycles. The number of anilines is 1. The summed E-state index contributed by atoms with van der Waals surface area (Å²) < 4.78 is 0. The minimum absolute atomic E-state index is 0.125. The zero-order valence-corrected chi connectivity index (χ0v) is 12.1. The van der Waals surface area contributed by atoms with Gasteiger partial charge < -0.3 is 10.4 Å². The molecule has 0 spiro atoms. The van der Waals surface area contributed by atoms with Crippen molar-refractivity contribution in [1.82, 2.24) is 10.3 Å². The molecule has 1 heterocycles. The van der Waals surface area contributed by atoms with Crippen LogP contribution in [0.25, 0.3) is 0 Å². The third-order valence-electron chi connectivity index (χ3n) is 3.12. The predicted octanol–water partition coefficient (Wildman–Crippen LogP) is 2.37. The van der Waals surface area contributed by atoms with Crippen molar-refractivity contribution in [3.63, 3.8) is 0 Å². The Balaban J connectivity index is 2.42. The third-order valence-corrected chi connectivity index (χ3v) is 4.00. The molecule has 0 aliphatic carbocycles. The molecule has 2 amide bonds. The lowest BCUT2D eigenvalue weighted by molar-refractivity contribution is 0.00827. The van der Waals surface area contributed by atoms with Crippen LogP contribution in [0.4, 0.5) is 9.93 Å². The molecule has 0 saturated carbocycles. The van der Waals surface area contributed by atoms with Gasteiger partial charge in [0.25, 0.3) is 0 Å². The van der Waals surface area contributed by atoms with Crippen LogP contribution in [0.5, 0.6) is 0 Å². The van der Waals surface area contributed by atoms with Crippen molar-refractivity contribution < 1.29 is 9.90 Å². The quantitative estimate of drug-likeness (QED) is 0.769. The monoisotopic (exact) mass is 271 g/mol. The minimum Gasteiger partial charge on any atom is -0.388 e. The normalized spacial score (nSPS) is 15.8. The van der Waals surface area contributed by atoms with Gasteiger partial charge in [0.05, 0.1) is 11.3 Å². The molecule has 6 heteroatoms. The van der Waals surface area contributed by atoms with E-state index in [1.807, 2.05) is 26.2 Å². The highest BCUT2D eigenvalue weighted by Crippen LogP contribution is 2.19. The number of aromatic nitrogens is 1. The van der Waals surface area contributed by atoms with Crippen LogP contribution in [0.15, 0.2) is 5.38 Å². The van der Waals surface area contributed by atoms with Crippen LogP contribution in [0.1, 0.15) is 32.9 Å². The molecule has 2 atom stereocenters. The van der Waals surface area contributed by atoms with Gasteiger partial charge in [0.1, 0.15) is 0 Å². The van der Waals surface area contributed by atoms with Gasteiger partial charge in [-0.15, -0.1) is 11.3 Å². The van der Waals surface area contributed by atoms with Crippen molar-refractivity contribution in [2.24, 2.45) is 5.92 Å². The molecule has 18 heavy (non-hydrogen) atoms. The second kappa shape index (κ2) is 6.15. The van der Waals surface area contributed by atoms with E-state index in [2.05, 4.69) is 15.6 Å². The van der Waals surface area contributed by atoms with Crippen LogP contribution in [0, 0.1) is 12.8 Å². The summed E-state index contributed by atoms with van der Waals surface area (Å²) in [4.78, 5) is 15.7. The van der Waals surface area contributed by atoms with Gasteiger partial charge in [-0.3, -0.25) is 5.32 Å². The van der Waals surface area contributed by atoms with Crippen LogP contribution in [-0.4, -0.2) is 28.3 Å². The molecule has 5 nitrogen and oxygen atoms in total. The van der Waals surface area contributed by atoms with Crippen molar-refractivity contribution in [3.05, 3.63) is 11.1 Å². The second-order valence-electron chi connectivity index (χ2n) is 4.77. The number of carbonyl (C=O) groups excluding carboxylic acids is 1. The summed E-state index contributed by atoms with van der Waals surface area (Å²) in [7, 11) is 0. The van der Waals surface area contributed by atoms with Gasteiger partial charge in [0.2, 0.25) is 0 Å². The van der Waals surface area contributed by atoms with Gasteiger partial charge in [0.15, 0.2) is 5.13 Å². The average molecular weight is 271 g/mol. The summed E-state index contributed by atoms with van der Waals surface area (Å²) in [6, 6.07) is -0.340. The number of urea groups is 1. The first kappa shape index (κ1) is 14.9. The first-order chi connectivity index (χ1) is 8.35. The van der Waals surface area contributed by atoms with E-state index in [1.54, 1.807) is 6.92 Å². The summed E-state index contributed by atoms with van der Waals surface area (Å²) in [5, 5.41) is 17.9. The molecule has 0 fully saturated rings. The van der Waals surface area contributed by atoms with Crippen molar-refractivity contribution in [2.75, 3.05) is 11.9 Å². The molecule has 0 aliphatic rings. The average Bonchev–Trinajstić information content (AvgIpc) is 2.71. The fourth-order valence-corrected chi connectivity index (χ4v) is 2.11. The Morgan fingerprint density at radius 1 is 1.67 bits per heavy atom. The third kappa shape index (κ3) is 4.27. The number of thiazole rings is 1. The lowest BCUT2D eigenvalue weighted by Gasteiger charge is -2.29. The molecule has 0 radical (unpaired) electrons. The van der Waals surface area contributed by atoms with Gasteiger partial charge in [-0.2, -0.15) is 0 Å². The highest BCUT2D eigenvalue weighted by molar-refractivity contribution is 7.13. The molecule has 0 bridgehead atoms. The molecule has 3 N–H and O–H groups in total. The van der Waals surface area contributed by atoms with E-state index in [1.165, 1.54) is 11.3 Å². The van der Waals surface area contributed by atoms with Crippen LogP contribution in [-0.2, 0) is 0 Å². The Hall–Kier alpha value is -1.14. The lowest BCUT2D eigenvalue weighted by atomic mass is 9.89. The van der Waals surface area contributed by atoms with Crippen molar-refractivity contribution in [1.29, 1.82) is 0 Å². The molecule has 1 rings (SSSR count). The number of hydrogen-bond donors (Lipinski definition) is 3. The van der Waals surface area contributed by atoms with Gasteiger partial charge in [-0.1, -0.05) is 20.3 Å². The lowest BCUT2D eigenvalue weighted by Crippen LogP contribution is -2.46. The van der Waals surface area contributed by atoms with E-state index in [-0.39, 0.29) is 18.5 Å². The number of aliphatic hydroxyl groups is 1. The number of rotatable bonds is 5. The van der Waals surface area contributed by atoms with E-state index in [0.29, 0.717) is 5.13 Å². The summed E-state index contributed by atoms with van der Waals surface area (Å²) in [6.45, 7) is 7.79. The van der Waals surface area contributed by atoms with Gasteiger partial charge in [-0.25, -0.2) is 9.78 Å². The number of nitrogens with one attached hydrogen (secondary N) is 2. The fraction of sp³-hybridized carbons (Fsp3) is 0.667. The molecule has 102 valence electrons. The summed E-state index contributed by atoms with van der Waals surface area (Å²) >= 11 is 1.38. The largest absolute Gasteiger partial charge is 0.388 e. The maximum atomic E-state index is 11.6. The SMILES string of the molecule is CCC(C)C(C)(O)CNC(=O)Nc1nc(C)cs1. The number of nitrogens with zero attached hydrogens (tertiary/aromatic N) is 1. The molecule has 1 aromatic heterocycles. The van der Waals surface area contributed by atoms with E-state index in [4.69, 9.17) is 0 Å². The highest BCUT2D eigenvalue weighted by atomic mass is 32.1. The Morgan fingerprint density at radius 3 is 2.83 bits per heavy atom. The Morgan fingerprint density at radius 2 is 2.33 bits per heavy atom. The summed E-state index contributed by atoms with van der Waals surface area (Å²) in [5.74, 6) is 0.125. The standard InChI is InChI=1S/C12H21N3O2S/c1-5-8(2)12(4,17)7-13-10(16)15-11-14-9(3)6-18-11/h6,8,17H,5,7H2,1-4H3,(H2,13,14,15,16). The smallest absolute Gasteiger partial charge is 0.321 e. The molecular weight excluding hydrogens is 250 g/mol. The first-order valence-electron chi connectivity index (χ1n) is 6.04. The molecule has 0 aliphatic heterocycles. The van der Waals surface area contributed by atoms with Crippen LogP contribution < -0.4 is 10.6 Å². The summed E-state index contributed by atoms with van der Waals surface area (Å²) in [6.07, 6.45) is 0.863. The Labute approximate surface area is 112 Å². The zero-order valence-electron chi connectivity index (χ0n) is 11.3. The van der Waals surface area contributed by atoms with Crippen LogP contribution in [0.2, 0.25) is 0 Å². The van der Waals surface area contributed by atoms with Crippen molar-refractivity contribution in [2.45, 2.75) is 39.7 Å². The first-order valence-corrected chi connectivity index (χ1v) is 6.92. The number of carbonyl (C=O) groups is 1. The second-order valence-corrected chi connectivity index (χ2v) is 5.63. The van der Waals surface area contributed by atoms with E-state index < -0.39 is 5.60 Å². The number of aryl methyl sites for hydroxylation is 1. The van der Waals surface area contributed by atoms with Crippen molar-refractivity contribution in [3.8, 4) is 0 Å². The van der Waals surface area contributed by atoms with E-state index >= 15 is 0 Å². The number of amides is 2. The minimum atomic E-state index is -0.898. The van der Waals surface area contributed by atoms with Crippen LogP contribution >= 0.6 is 11.3 Å². The highest BCUT2D eigenvalue weighted by Gasteiger charge is 2.27. The maximum Gasteiger partial charge on any atom is 0.321 e. The predicted molar refractivity (Wildman–Crippen MR) is 74.0 cm³/mol. The summed E-state index contributed by atoms with van der Waals surface area (Å²) in [5.41, 5.74) is -0.0212. The number of hydrogen-bond acceptors (Lipinski definition) is 4. The van der Waals surface area contributed by atoms with Gasteiger partial charge in [0, 0.05) is 11.9 Å². The Bertz CT molecular complexity index is 404.